The molecule has 0 spiro atoms. The van der Waals surface area contributed by atoms with Crippen molar-refractivity contribution in [1.29, 1.82) is 0 Å². The van der Waals surface area contributed by atoms with Gasteiger partial charge < -0.3 is 4.74 Å². The van der Waals surface area contributed by atoms with E-state index < -0.39 is 0 Å². The number of esters is 1. The van der Waals surface area contributed by atoms with Crippen molar-refractivity contribution in [3.8, 4) is 0 Å². The quantitative estimate of drug-likeness (QED) is 0.629. The van der Waals surface area contributed by atoms with Gasteiger partial charge in [0.1, 0.15) is 6.10 Å². The SMILES string of the molecule is Cc1ccc[n+](CC(=O)OC2CC(C)CCC2C(C)C)c1. The zero-order valence-corrected chi connectivity index (χ0v) is 13.7. The highest BCUT2D eigenvalue weighted by molar-refractivity contribution is 5.67. The Labute approximate surface area is 128 Å². The maximum absolute atomic E-state index is 12.2. The van der Waals surface area contributed by atoms with Gasteiger partial charge in [-0.15, -0.1) is 0 Å². The van der Waals surface area contributed by atoms with Gasteiger partial charge in [-0.2, -0.15) is 4.57 Å². The molecule has 0 bridgehead atoms. The van der Waals surface area contributed by atoms with Crippen molar-refractivity contribution >= 4 is 5.97 Å². The van der Waals surface area contributed by atoms with Crippen LogP contribution in [-0.2, 0) is 16.1 Å². The molecule has 1 fully saturated rings. The third kappa shape index (κ3) is 4.55. The van der Waals surface area contributed by atoms with Gasteiger partial charge in [0.25, 0.3) is 0 Å². The van der Waals surface area contributed by atoms with Gasteiger partial charge in [0.15, 0.2) is 12.4 Å². The van der Waals surface area contributed by atoms with Crippen molar-refractivity contribution in [2.75, 3.05) is 0 Å². The molecule has 0 N–H and O–H groups in total. The molecule has 0 aromatic carbocycles. The number of carbonyl (C=O) groups is 1. The predicted octanol–water partition coefficient (Wildman–Crippen LogP) is 3.29. The Hall–Kier alpha value is -1.38. The van der Waals surface area contributed by atoms with Crippen molar-refractivity contribution < 1.29 is 14.1 Å². The Morgan fingerprint density at radius 1 is 1.43 bits per heavy atom. The van der Waals surface area contributed by atoms with Crippen molar-refractivity contribution in [2.24, 2.45) is 17.8 Å². The Bertz CT molecular complexity index is 484. The van der Waals surface area contributed by atoms with Crippen molar-refractivity contribution in [1.82, 2.24) is 0 Å². The minimum atomic E-state index is -0.115. The third-order valence-electron chi connectivity index (χ3n) is 4.56. The molecular weight excluding hydrogens is 262 g/mol. The van der Waals surface area contributed by atoms with Crippen LogP contribution in [0.3, 0.4) is 0 Å². The highest BCUT2D eigenvalue weighted by Gasteiger charge is 2.33. The van der Waals surface area contributed by atoms with E-state index in [0.717, 1.165) is 12.0 Å². The Morgan fingerprint density at radius 3 is 2.86 bits per heavy atom. The number of pyridine rings is 1. The molecule has 3 unspecified atom stereocenters. The number of aromatic nitrogens is 1. The number of hydrogen-bond donors (Lipinski definition) is 0. The lowest BCUT2D eigenvalue weighted by Gasteiger charge is -2.36. The molecule has 1 aromatic heterocycles. The molecular formula is C18H28NO2+. The molecule has 1 aliphatic carbocycles. The van der Waals surface area contributed by atoms with Gasteiger partial charge >= 0.3 is 5.97 Å². The summed E-state index contributed by atoms with van der Waals surface area (Å²) in [6.45, 7) is 9.05. The van der Waals surface area contributed by atoms with Crippen LogP contribution in [0.15, 0.2) is 24.5 Å². The highest BCUT2D eigenvalue weighted by Crippen LogP contribution is 2.35. The minimum absolute atomic E-state index is 0.0895. The predicted molar refractivity (Wildman–Crippen MR) is 82.6 cm³/mol. The molecule has 1 aliphatic rings. The molecule has 0 saturated heterocycles. The maximum Gasteiger partial charge on any atom is 0.372 e. The summed E-state index contributed by atoms with van der Waals surface area (Å²) in [5, 5.41) is 0. The maximum atomic E-state index is 12.2. The van der Waals surface area contributed by atoms with E-state index >= 15 is 0 Å². The largest absolute Gasteiger partial charge is 0.457 e. The topological polar surface area (TPSA) is 30.2 Å². The third-order valence-corrected chi connectivity index (χ3v) is 4.56. The summed E-state index contributed by atoms with van der Waals surface area (Å²) in [4.78, 5) is 12.2. The standard InChI is InChI=1S/C18H28NO2/c1-13(2)16-8-7-14(3)10-17(16)21-18(20)12-19-9-5-6-15(4)11-19/h5-6,9,11,13-14,16-17H,7-8,10,12H2,1-4H3/q+1. The Balaban J connectivity index is 1.96. The van der Waals surface area contributed by atoms with Gasteiger partial charge in [-0.05, 0) is 43.6 Å². The molecule has 1 aromatic rings. The van der Waals surface area contributed by atoms with Crippen LogP contribution in [0.2, 0.25) is 0 Å². The van der Waals surface area contributed by atoms with E-state index in [1.54, 1.807) is 0 Å². The van der Waals surface area contributed by atoms with E-state index in [4.69, 9.17) is 4.74 Å². The fourth-order valence-corrected chi connectivity index (χ4v) is 3.36. The average molecular weight is 290 g/mol. The van der Waals surface area contributed by atoms with Gasteiger partial charge in [-0.1, -0.05) is 27.2 Å². The zero-order chi connectivity index (χ0) is 15.4. The smallest absolute Gasteiger partial charge is 0.372 e. The van der Waals surface area contributed by atoms with Crippen LogP contribution in [-0.4, -0.2) is 12.1 Å². The van der Waals surface area contributed by atoms with Crippen molar-refractivity contribution in [3.05, 3.63) is 30.1 Å². The van der Waals surface area contributed by atoms with E-state index in [2.05, 4.69) is 20.8 Å². The molecule has 0 radical (unpaired) electrons. The second-order valence-electron chi connectivity index (χ2n) is 6.91. The Kier molecular flexibility index (Phi) is 5.38. The van der Waals surface area contributed by atoms with E-state index in [1.165, 1.54) is 12.8 Å². The first-order valence-corrected chi connectivity index (χ1v) is 8.11. The van der Waals surface area contributed by atoms with Gasteiger partial charge in [-0.3, -0.25) is 0 Å². The van der Waals surface area contributed by atoms with E-state index in [-0.39, 0.29) is 12.1 Å². The molecule has 3 nitrogen and oxygen atoms in total. The van der Waals surface area contributed by atoms with Crippen LogP contribution < -0.4 is 4.57 Å². The first-order valence-electron chi connectivity index (χ1n) is 8.11. The molecule has 116 valence electrons. The summed E-state index contributed by atoms with van der Waals surface area (Å²) in [6.07, 6.45) is 7.42. The van der Waals surface area contributed by atoms with Gasteiger partial charge in [0.2, 0.25) is 6.54 Å². The number of hydrogen-bond acceptors (Lipinski definition) is 2. The van der Waals surface area contributed by atoms with E-state index in [9.17, 15) is 4.79 Å². The van der Waals surface area contributed by atoms with Crippen LogP contribution in [0, 0.1) is 24.7 Å². The first-order chi connectivity index (χ1) is 9.95. The zero-order valence-electron chi connectivity index (χ0n) is 13.7. The summed E-state index contributed by atoms with van der Waals surface area (Å²) in [7, 11) is 0. The number of ether oxygens (including phenoxy) is 1. The van der Waals surface area contributed by atoms with Crippen LogP contribution in [0.25, 0.3) is 0 Å². The second-order valence-corrected chi connectivity index (χ2v) is 6.91. The fraction of sp³-hybridized carbons (Fsp3) is 0.667. The van der Waals surface area contributed by atoms with Gasteiger partial charge in [-0.25, -0.2) is 4.79 Å². The molecule has 1 saturated carbocycles. The summed E-state index contributed by atoms with van der Waals surface area (Å²) in [6, 6.07) is 3.99. The number of rotatable bonds is 4. The van der Waals surface area contributed by atoms with Crippen molar-refractivity contribution in [2.45, 2.75) is 59.6 Å². The number of carbonyl (C=O) groups excluding carboxylic acids is 1. The minimum Gasteiger partial charge on any atom is -0.457 e. The van der Waals surface area contributed by atoms with Crippen LogP contribution in [0.1, 0.15) is 45.6 Å². The van der Waals surface area contributed by atoms with Crippen LogP contribution >= 0.6 is 0 Å². The first kappa shape index (κ1) is 16.0. The van der Waals surface area contributed by atoms with E-state index in [1.807, 2.05) is 36.0 Å². The van der Waals surface area contributed by atoms with Gasteiger partial charge in [0.05, 0.1) is 0 Å². The van der Waals surface area contributed by atoms with Crippen molar-refractivity contribution in [3.63, 3.8) is 0 Å². The molecule has 0 amide bonds. The highest BCUT2D eigenvalue weighted by atomic mass is 16.5. The van der Waals surface area contributed by atoms with Crippen LogP contribution in [0.4, 0.5) is 0 Å². The molecule has 2 rings (SSSR count). The van der Waals surface area contributed by atoms with Gasteiger partial charge in [0, 0.05) is 11.6 Å². The average Bonchev–Trinajstić information content (AvgIpc) is 2.38. The lowest BCUT2D eigenvalue weighted by Crippen LogP contribution is -2.42. The normalized spacial score (nSPS) is 25.9. The fourth-order valence-electron chi connectivity index (χ4n) is 3.36. The Morgan fingerprint density at radius 2 is 2.19 bits per heavy atom. The molecule has 3 atom stereocenters. The molecule has 21 heavy (non-hydrogen) atoms. The molecule has 3 heteroatoms. The second kappa shape index (κ2) is 7.06. The monoisotopic (exact) mass is 290 g/mol. The summed E-state index contributed by atoms with van der Waals surface area (Å²) < 4.78 is 7.72. The molecule has 1 heterocycles. The summed E-state index contributed by atoms with van der Waals surface area (Å²) in [5.74, 6) is 1.62. The van der Waals surface area contributed by atoms with Crippen LogP contribution in [0.5, 0.6) is 0 Å². The lowest BCUT2D eigenvalue weighted by atomic mass is 9.75. The van der Waals surface area contributed by atoms with E-state index in [0.29, 0.717) is 24.3 Å². The summed E-state index contributed by atoms with van der Waals surface area (Å²) in [5.41, 5.74) is 1.15. The summed E-state index contributed by atoms with van der Waals surface area (Å²) >= 11 is 0. The molecule has 0 aliphatic heterocycles. The number of aryl methyl sites for hydroxylation is 1. The lowest BCUT2D eigenvalue weighted by molar-refractivity contribution is -0.686. The number of nitrogens with zero attached hydrogens (tertiary/aromatic N) is 1.